The zero-order chi connectivity index (χ0) is 11.7. The summed E-state index contributed by atoms with van der Waals surface area (Å²) in [7, 11) is -1.25. The standard InChI is InChI=1S/C13H22OSi/c1-7-9-13(2,3)12-11(14-12)8-10-15(4,5)6/h7,11-12H,1,9H2,2-6H3/t11-,12-/m0/s1. The third-order valence-corrected chi connectivity index (χ3v) is 3.42. The van der Waals surface area contributed by atoms with E-state index in [4.69, 9.17) is 4.74 Å². The van der Waals surface area contributed by atoms with Gasteiger partial charge in [0.15, 0.2) is 0 Å². The maximum Gasteiger partial charge on any atom is 0.144 e. The van der Waals surface area contributed by atoms with Crippen LogP contribution in [0.5, 0.6) is 0 Å². The van der Waals surface area contributed by atoms with E-state index in [0.29, 0.717) is 6.10 Å². The smallest absolute Gasteiger partial charge is 0.144 e. The van der Waals surface area contributed by atoms with Crippen LogP contribution in [-0.2, 0) is 4.74 Å². The van der Waals surface area contributed by atoms with Crippen LogP contribution in [0.25, 0.3) is 0 Å². The van der Waals surface area contributed by atoms with Crippen molar-refractivity contribution >= 4 is 8.07 Å². The Hall–Kier alpha value is -0.523. The average Bonchev–Trinajstić information content (AvgIpc) is 2.78. The summed E-state index contributed by atoms with van der Waals surface area (Å²) < 4.78 is 5.63. The van der Waals surface area contributed by atoms with Gasteiger partial charge in [0.25, 0.3) is 0 Å². The fraction of sp³-hybridized carbons (Fsp3) is 0.692. The summed E-state index contributed by atoms with van der Waals surface area (Å²) in [4.78, 5) is 0. The Morgan fingerprint density at radius 1 is 1.40 bits per heavy atom. The fourth-order valence-electron chi connectivity index (χ4n) is 1.59. The SMILES string of the molecule is C=CCC(C)(C)[C@H]1O[C@H]1C#C[Si](C)(C)C. The molecular formula is C13H22OSi. The minimum atomic E-state index is -1.25. The highest BCUT2D eigenvalue weighted by molar-refractivity contribution is 6.83. The maximum absolute atomic E-state index is 5.63. The van der Waals surface area contributed by atoms with Gasteiger partial charge in [-0.25, -0.2) is 0 Å². The molecule has 2 atom stereocenters. The molecule has 0 saturated carbocycles. The minimum absolute atomic E-state index is 0.173. The van der Waals surface area contributed by atoms with Crippen molar-refractivity contribution in [1.29, 1.82) is 0 Å². The van der Waals surface area contributed by atoms with E-state index in [2.05, 4.69) is 51.5 Å². The molecule has 84 valence electrons. The van der Waals surface area contributed by atoms with Crippen LogP contribution >= 0.6 is 0 Å². The van der Waals surface area contributed by atoms with Crippen LogP contribution in [-0.4, -0.2) is 20.3 Å². The summed E-state index contributed by atoms with van der Waals surface area (Å²) in [6, 6.07) is 0. The van der Waals surface area contributed by atoms with Gasteiger partial charge in [-0.2, -0.15) is 0 Å². The Morgan fingerprint density at radius 3 is 2.47 bits per heavy atom. The number of ether oxygens (including phenoxy) is 1. The van der Waals surface area contributed by atoms with Crippen molar-refractivity contribution in [3.63, 3.8) is 0 Å². The molecule has 1 saturated heterocycles. The highest BCUT2D eigenvalue weighted by Crippen LogP contribution is 2.40. The van der Waals surface area contributed by atoms with Crippen LogP contribution in [0.4, 0.5) is 0 Å². The molecule has 1 heterocycles. The van der Waals surface area contributed by atoms with Crippen molar-refractivity contribution < 1.29 is 4.74 Å². The Labute approximate surface area is 94.9 Å². The molecule has 15 heavy (non-hydrogen) atoms. The van der Waals surface area contributed by atoms with Crippen LogP contribution in [0.15, 0.2) is 12.7 Å². The summed E-state index contributed by atoms with van der Waals surface area (Å²) in [5, 5.41) is 0. The highest BCUT2D eigenvalue weighted by Gasteiger charge is 2.48. The topological polar surface area (TPSA) is 12.5 Å². The normalized spacial score (nSPS) is 25.4. The van der Waals surface area contributed by atoms with E-state index in [1.807, 2.05) is 6.08 Å². The molecule has 1 fully saturated rings. The Bertz CT molecular complexity index is 301. The lowest BCUT2D eigenvalue weighted by Gasteiger charge is -2.19. The van der Waals surface area contributed by atoms with E-state index in [0.717, 1.165) is 6.42 Å². The number of rotatable bonds is 3. The molecule has 0 N–H and O–H groups in total. The van der Waals surface area contributed by atoms with E-state index < -0.39 is 8.07 Å². The summed E-state index contributed by atoms with van der Waals surface area (Å²) in [5.74, 6) is 3.27. The number of allylic oxidation sites excluding steroid dienone is 1. The first-order valence-corrected chi connectivity index (χ1v) is 9.05. The van der Waals surface area contributed by atoms with E-state index in [9.17, 15) is 0 Å². The van der Waals surface area contributed by atoms with Gasteiger partial charge in [-0.3, -0.25) is 0 Å². The van der Waals surface area contributed by atoms with Gasteiger partial charge in [-0.05, 0) is 11.8 Å². The third-order valence-electron chi connectivity index (χ3n) is 2.52. The fourth-order valence-corrected chi connectivity index (χ4v) is 2.17. The van der Waals surface area contributed by atoms with Crippen LogP contribution in [0, 0.1) is 16.9 Å². The van der Waals surface area contributed by atoms with Crippen molar-refractivity contribution in [2.75, 3.05) is 0 Å². The van der Waals surface area contributed by atoms with E-state index in [1.54, 1.807) is 0 Å². The van der Waals surface area contributed by atoms with Crippen molar-refractivity contribution in [2.45, 2.75) is 52.1 Å². The average molecular weight is 222 g/mol. The first kappa shape index (κ1) is 12.5. The van der Waals surface area contributed by atoms with Crippen molar-refractivity contribution in [2.24, 2.45) is 5.41 Å². The van der Waals surface area contributed by atoms with Gasteiger partial charge in [0.1, 0.15) is 20.3 Å². The van der Waals surface area contributed by atoms with Crippen LogP contribution in [0.1, 0.15) is 20.3 Å². The van der Waals surface area contributed by atoms with Gasteiger partial charge in [0, 0.05) is 0 Å². The van der Waals surface area contributed by atoms with Crippen LogP contribution < -0.4 is 0 Å². The maximum atomic E-state index is 5.63. The monoisotopic (exact) mass is 222 g/mol. The molecule has 2 heteroatoms. The van der Waals surface area contributed by atoms with Crippen molar-refractivity contribution in [3.8, 4) is 11.5 Å². The molecule has 1 nitrogen and oxygen atoms in total. The molecule has 0 unspecified atom stereocenters. The summed E-state index contributed by atoms with van der Waals surface area (Å²) >= 11 is 0. The quantitative estimate of drug-likeness (QED) is 0.309. The van der Waals surface area contributed by atoms with Gasteiger partial charge in [-0.15, -0.1) is 12.1 Å². The lowest BCUT2D eigenvalue weighted by Crippen LogP contribution is -2.20. The second-order valence-electron chi connectivity index (χ2n) is 5.98. The van der Waals surface area contributed by atoms with Crippen molar-refractivity contribution in [1.82, 2.24) is 0 Å². The second kappa shape index (κ2) is 4.15. The first-order chi connectivity index (χ1) is 6.76. The molecule has 0 aromatic carbocycles. The molecular weight excluding hydrogens is 200 g/mol. The minimum Gasteiger partial charge on any atom is -0.355 e. The van der Waals surface area contributed by atoms with Crippen LogP contribution in [0.3, 0.4) is 0 Å². The number of hydrogen-bond donors (Lipinski definition) is 0. The number of epoxide rings is 1. The first-order valence-electron chi connectivity index (χ1n) is 5.55. The van der Waals surface area contributed by atoms with Gasteiger partial charge >= 0.3 is 0 Å². The predicted octanol–water partition coefficient (Wildman–Crippen LogP) is 3.24. The van der Waals surface area contributed by atoms with E-state index >= 15 is 0 Å². The molecule has 0 aromatic rings. The molecule has 1 aliphatic heterocycles. The van der Waals surface area contributed by atoms with Crippen molar-refractivity contribution in [3.05, 3.63) is 12.7 Å². The highest BCUT2D eigenvalue weighted by atomic mass is 28.3. The molecule has 0 aromatic heterocycles. The van der Waals surface area contributed by atoms with Gasteiger partial charge in [0.05, 0.1) is 0 Å². The number of hydrogen-bond acceptors (Lipinski definition) is 1. The van der Waals surface area contributed by atoms with E-state index in [-0.39, 0.29) is 11.5 Å². The predicted molar refractivity (Wildman–Crippen MR) is 68.4 cm³/mol. The lowest BCUT2D eigenvalue weighted by molar-refractivity contribution is 0.244. The lowest BCUT2D eigenvalue weighted by atomic mass is 9.84. The second-order valence-corrected chi connectivity index (χ2v) is 10.7. The van der Waals surface area contributed by atoms with Crippen LogP contribution in [0.2, 0.25) is 19.6 Å². The Kier molecular flexibility index (Phi) is 3.47. The third kappa shape index (κ3) is 3.85. The summed E-state index contributed by atoms with van der Waals surface area (Å²) in [6.07, 6.45) is 3.43. The largest absolute Gasteiger partial charge is 0.355 e. The van der Waals surface area contributed by atoms with E-state index in [1.165, 1.54) is 0 Å². The molecule has 0 aliphatic carbocycles. The zero-order valence-electron chi connectivity index (χ0n) is 10.6. The Morgan fingerprint density at radius 2 is 2.00 bits per heavy atom. The Balaban J connectivity index is 2.53. The summed E-state index contributed by atoms with van der Waals surface area (Å²) in [5.41, 5.74) is 3.55. The molecule has 0 bridgehead atoms. The molecule has 1 rings (SSSR count). The molecule has 0 radical (unpaired) electrons. The zero-order valence-corrected chi connectivity index (χ0v) is 11.6. The molecule has 1 aliphatic rings. The van der Waals surface area contributed by atoms with Gasteiger partial charge in [-0.1, -0.05) is 45.5 Å². The van der Waals surface area contributed by atoms with Gasteiger partial charge < -0.3 is 4.74 Å². The van der Waals surface area contributed by atoms with Gasteiger partial charge in [0.2, 0.25) is 0 Å². The molecule has 0 amide bonds. The molecule has 0 spiro atoms. The summed E-state index contributed by atoms with van der Waals surface area (Å²) in [6.45, 7) is 15.0.